The van der Waals surface area contributed by atoms with E-state index in [1.807, 2.05) is 13.8 Å². The monoisotopic (exact) mass is 330 g/mol. The van der Waals surface area contributed by atoms with Gasteiger partial charge in [0, 0.05) is 6.42 Å². The van der Waals surface area contributed by atoms with Gasteiger partial charge < -0.3 is 14.6 Å². The molecule has 0 aliphatic carbocycles. The van der Waals surface area contributed by atoms with Gasteiger partial charge in [0.15, 0.2) is 0 Å². The zero-order valence-electron chi connectivity index (χ0n) is 8.43. The molecule has 84 valence electrons. The van der Waals surface area contributed by atoms with Gasteiger partial charge in [-0.2, -0.15) is 0 Å². The lowest BCUT2D eigenvalue weighted by atomic mass is 9.96. The van der Waals surface area contributed by atoms with Crippen LogP contribution in [0.15, 0.2) is 0 Å². The third-order valence-corrected chi connectivity index (χ3v) is 4.60. The molecule has 0 spiro atoms. The summed E-state index contributed by atoms with van der Waals surface area (Å²) in [5.74, 6) is 0. The maximum Gasteiger partial charge on any atom is 0.236 e. The molecule has 0 amide bonds. The van der Waals surface area contributed by atoms with E-state index < -0.39 is 10.3 Å². The van der Waals surface area contributed by atoms with Gasteiger partial charge >= 0.3 is 0 Å². The van der Waals surface area contributed by atoms with Crippen LogP contribution in [0.1, 0.15) is 26.7 Å². The fourth-order valence-corrected chi connectivity index (χ4v) is 2.03. The Kier molecular flexibility index (Phi) is 4.41. The second-order valence-electron chi connectivity index (χ2n) is 3.90. The molecule has 0 aromatic heterocycles. The van der Waals surface area contributed by atoms with Crippen LogP contribution < -0.4 is 0 Å². The first-order chi connectivity index (χ1) is 6.41. The Morgan fingerprint density at radius 3 is 2.71 bits per heavy atom. The molecule has 5 heteroatoms. The van der Waals surface area contributed by atoms with Gasteiger partial charge in [0.2, 0.25) is 4.70 Å². The normalized spacial score (nSPS) is 37.1. The van der Waals surface area contributed by atoms with E-state index in [1.165, 1.54) is 0 Å². The largest absolute Gasteiger partial charge is 0.390 e. The Morgan fingerprint density at radius 1 is 1.64 bits per heavy atom. The van der Waals surface area contributed by atoms with Crippen LogP contribution in [0.25, 0.3) is 0 Å². The lowest BCUT2D eigenvalue weighted by Crippen LogP contribution is -2.31. The van der Waals surface area contributed by atoms with Crippen molar-refractivity contribution in [2.45, 2.75) is 43.1 Å². The molecule has 3 nitrogen and oxygen atoms in total. The number of hydrogen-bond acceptors (Lipinski definition) is 3. The smallest absolute Gasteiger partial charge is 0.236 e. The summed E-state index contributed by atoms with van der Waals surface area (Å²) < 4.78 is 10.3. The van der Waals surface area contributed by atoms with Gasteiger partial charge in [-0.05, 0) is 29.3 Å². The summed E-state index contributed by atoms with van der Waals surface area (Å²) in [5.41, 5.74) is -0.668. The number of aliphatic hydroxyl groups is 1. The van der Waals surface area contributed by atoms with Crippen LogP contribution in [-0.4, -0.2) is 33.4 Å². The van der Waals surface area contributed by atoms with Crippen molar-refractivity contribution in [2.24, 2.45) is 0 Å². The number of halogens is 2. The highest BCUT2D eigenvalue weighted by Gasteiger charge is 2.40. The van der Waals surface area contributed by atoms with E-state index in [-0.39, 0.29) is 6.10 Å². The second kappa shape index (κ2) is 4.78. The Morgan fingerprint density at radius 2 is 2.29 bits per heavy atom. The van der Waals surface area contributed by atoms with E-state index in [2.05, 4.69) is 31.9 Å². The predicted molar refractivity (Wildman–Crippen MR) is 61.8 cm³/mol. The van der Waals surface area contributed by atoms with Crippen molar-refractivity contribution in [2.75, 3.05) is 11.9 Å². The Bertz CT molecular complexity index is 198. The van der Waals surface area contributed by atoms with Crippen LogP contribution in [0.2, 0.25) is 0 Å². The minimum atomic E-state index is -0.707. The minimum absolute atomic E-state index is 0.0399. The molecule has 3 unspecified atom stereocenters. The molecule has 1 aliphatic rings. The first-order valence-electron chi connectivity index (χ1n) is 4.70. The van der Waals surface area contributed by atoms with Crippen LogP contribution in [0.4, 0.5) is 0 Å². The third kappa shape index (κ3) is 3.45. The van der Waals surface area contributed by atoms with Gasteiger partial charge in [-0.1, -0.05) is 22.9 Å². The summed E-state index contributed by atoms with van der Waals surface area (Å²) in [6.45, 7) is 4.30. The second-order valence-corrected chi connectivity index (χ2v) is 5.67. The quantitative estimate of drug-likeness (QED) is 0.804. The molecule has 0 bridgehead atoms. The van der Waals surface area contributed by atoms with Crippen LogP contribution in [0.3, 0.4) is 0 Å². The lowest BCUT2D eigenvalue weighted by molar-refractivity contribution is -0.0783. The minimum Gasteiger partial charge on any atom is -0.390 e. The van der Waals surface area contributed by atoms with E-state index in [1.54, 1.807) is 0 Å². The maximum atomic E-state index is 9.86. The molecule has 1 rings (SSSR count). The van der Waals surface area contributed by atoms with Gasteiger partial charge in [-0.3, -0.25) is 0 Å². The molecule has 14 heavy (non-hydrogen) atoms. The molecule has 1 aliphatic heterocycles. The van der Waals surface area contributed by atoms with Crippen LogP contribution in [0, 0.1) is 0 Å². The zero-order valence-corrected chi connectivity index (χ0v) is 11.6. The van der Waals surface area contributed by atoms with Crippen molar-refractivity contribution < 1.29 is 14.6 Å². The van der Waals surface area contributed by atoms with E-state index >= 15 is 0 Å². The summed E-state index contributed by atoms with van der Waals surface area (Å²) in [6, 6.07) is 0. The Balaban J connectivity index is 2.43. The molecular weight excluding hydrogens is 316 g/mol. The number of hydrogen-bond donors (Lipinski definition) is 1. The molecule has 1 fully saturated rings. The average molecular weight is 332 g/mol. The van der Waals surface area contributed by atoms with Gasteiger partial charge in [-0.25, -0.2) is 0 Å². The zero-order chi connectivity index (χ0) is 10.8. The number of rotatable bonds is 4. The first-order valence-corrected chi connectivity index (χ1v) is 6.61. The van der Waals surface area contributed by atoms with Gasteiger partial charge in [0.05, 0.1) is 23.6 Å². The summed E-state index contributed by atoms with van der Waals surface area (Å²) in [5, 5.41) is 10.4. The standard InChI is InChI=1S/C9H16Br2O3/c1-3-8(2,12)4-7-5-13-9(11,6-10)14-7/h7,12H,3-6H2,1-2H3. The topological polar surface area (TPSA) is 38.7 Å². The average Bonchev–Trinajstić information content (AvgIpc) is 2.48. The van der Waals surface area contributed by atoms with E-state index in [9.17, 15) is 5.11 Å². The molecule has 0 radical (unpaired) electrons. The Hall–Kier alpha value is 0.840. The SMILES string of the molecule is CCC(C)(O)CC1COC(Br)(CBr)O1. The fourth-order valence-electron chi connectivity index (χ4n) is 1.34. The third-order valence-electron chi connectivity index (χ3n) is 2.42. The summed E-state index contributed by atoms with van der Waals surface area (Å²) in [6.07, 6.45) is 1.28. The predicted octanol–water partition coefficient (Wildman–Crippen LogP) is 2.40. The Labute approximate surface area is 101 Å². The molecule has 0 aromatic rings. The number of alkyl halides is 2. The van der Waals surface area contributed by atoms with Gasteiger partial charge in [-0.15, -0.1) is 0 Å². The van der Waals surface area contributed by atoms with Crippen molar-refractivity contribution in [3.8, 4) is 0 Å². The molecular formula is C9H16Br2O3. The fraction of sp³-hybridized carbons (Fsp3) is 1.00. The van der Waals surface area contributed by atoms with Gasteiger partial charge in [0.1, 0.15) is 0 Å². The van der Waals surface area contributed by atoms with E-state index in [0.29, 0.717) is 18.4 Å². The van der Waals surface area contributed by atoms with Crippen LogP contribution in [-0.2, 0) is 9.47 Å². The molecule has 0 aromatic carbocycles. The van der Waals surface area contributed by atoms with Crippen LogP contribution in [0.5, 0.6) is 0 Å². The number of ether oxygens (including phenoxy) is 2. The summed E-state index contributed by atoms with van der Waals surface area (Å²) in [4.78, 5) is 0. The van der Waals surface area contributed by atoms with Crippen LogP contribution >= 0.6 is 31.9 Å². The van der Waals surface area contributed by atoms with E-state index in [4.69, 9.17) is 9.47 Å². The molecule has 1 N–H and O–H groups in total. The van der Waals surface area contributed by atoms with E-state index in [0.717, 1.165) is 6.42 Å². The molecule has 1 saturated heterocycles. The molecule has 1 heterocycles. The van der Waals surface area contributed by atoms with Crippen molar-refractivity contribution in [3.63, 3.8) is 0 Å². The highest BCUT2D eigenvalue weighted by molar-refractivity contribution is 9.12. The first kappa shape index (κ1) is 12.9. The highest BCUT2D eigenvalue weighted by atomic mass is 79.9. The van der Waals surface area contributed by atoms with Crippen molar-refractivity contribution in [1.29, 1.82) is 0 Å². The maximum absolute atomic E-state index is 9.86. The van der Waals surface area contributed by atoms with Gasteiger partial charge in [0.25, 0.3) is 0 Å². The van der Waals surface area contributed by atoms with Crippen molar-refractivity contribution >= 4 is 31.9 Å². The molecule has 0 saturated carbocycles. The lowest BCUT2D eigenvalue weighted by Gasteiger charge is -2.25. The van der Waals surface area contributed by atoms with Crippen molar-refractivity contribution in [1.82, 2.24) is 0 Å². The highest BCUT2D eigenvalue weighted by Crippen LogP contribution is 2.34. The molecule has 3 atom stereocenters. The van der Waals surface area contributed by atoms with Crippen molar-refractivity contribution in [3.05, 3.63) is 0 Å². The summed E-state index contributed by atoms with van der Waals surface area (Å²) >= 11 is 6.64. The summed E-state index contributed by atoms with van der Waals surface area (Å²) in [7, 11) is 0.